The molecule has 1 aromatic rings. The van der Waals surface area contributed by atoms with Crippen molar-refractivity contribution in [2.75, 3.05) is 6.54 Å². The highest BCUT2D eigenvalue weighted by Gasteiger charge is 2.28. The number of nitrogens with zero attached hydrogens (tertiary/aromatic N) is 1. The van der Waals surface area contributed by atoms with Crippen molar-refractivity contribution in [2.24, 2.45) is 11.0 Å². The Kier molecular flexibility index (Phi) is 4.98. The van der Waals surface area contributed by atoms with E-state index in [1.807, 2.05) is 0 Å². The van der Waals surface area contributed by atoms with Crippen LogP contribution < -0.4 is 10.7 Å². The number of carbonyl (C=O) groups is 2. The molecule has 0 unspecified atom stereocenters. The third-order valence-electron chi connectivity index (χ3n) is 2.94. The molecule has 7 heteroatoms. The number of amides is 2. The van der Waals surface area contributed by atoms with E-state index in [-0.39, 0.29) is 5.91 Å². The molecule has 1 saturated heterocycles. The molecule has 2 N–H and O–H groups in total. The summed E-state index contributed by atoms with van der Waals surface area (Å²) in [7, 11) is 0. The fourth-order valence-electron chi connectivity index (χ4n) is 1.87. The lowest BCUT2D eigenvalue weighted by Gasteiger charge is -2.19. The van der Waals surface area contributed by atoms with Crippen LogP contribution in [0.2, 0.25) is 10.0 Å². The molecular weight excluding hydrogens is 301 g/mol. The van der Waals surface area contributed by atoms with E-state index in [1.54, 1.807) is 18.2 Å². The number of piperidine rings is 1. The van der Waals surface area contributed by atoms with Crippen molar-refractivity contribution in [1.82, 2.24) is 10.7 Å². The number of hydrogen-bond acceptors (Lipinski definition) is 3. The summed E-state index contributed by atoms with van der Waals surface area (Å²) in [6.45, 7) is 0.617. The topological polar surface area (TPSA) is 70.6 Å². The Bertz CT molecular complexity index is 561. The van der Waals surface area contributed by atoms with E-state index in [0.717, 1.165) is 6.42 Å². The highest BCUT2D eigenvalue weighted by atomic mass is 35.5. The van der Waals surface area contributed by atoms with E-state index in [1.165, 1.54) is 6.21 Å². The van der Waals surface area contributed by atoms with Crippen LogP contribution in [0.3, 0.4) is 0 Å². The molecule has 0 saturated carbocycles. The standard InChI is InChI=1S/C13H13Cl2N3O2/c14-9-4-3-8(11(15)6-9)7-17-18-13(20)10-2-1-5-16-12(10)19/h3-4,6-7,10H,1-2,5H2,(H,16,19)(H,18,20)/b17-7-/t10-/m0/s1. The molecular formula is C13H13Cl2N3O2. The summed E-state index contributed by atoms with van der Waals surface area (Å²) in [5.41, 5.74) is 2.98. The van der Waals surface area contributed by atoms with Gasteiger partial charge in [0.1, 0.15) is 5.92 Å². The van der Waals surface area contributed by atoms with E-state index in [4.69, 9.17) is 23.2 Å². The minimum atomic E-state index is -0.679. The van der Waals surface area contributed by atoms with E-state index in [9.17, 15) is 9.59 Å². The molecule has 1 fully saturated rings. The van der Waals surface area contributed by atoms with Gasteiger partial charge in [0.15, 0.2) is 0 Å². The van der Waals surface area contributed by atoms with Crippen LogP contribution in [-0.2, 0) is 9.59 Å². The second-order valence-electron chi connectivity index (χ2n) is 4.39. The summed E-state index contributed by atoms with van der Waals surface area (Å²) in [6.07, 6.45) is 2.74. The zero-order chi connectivity index (χ0) is 14.5. The maximum Gasteiger partial charge on any atom is 0.252 e. The Balaban J connectivity index is 1.95. The Morgan fingerprint density at radius 2 is 2.25 bits per heavy atom. The van der Waals surface area contributed by atoms with Gasteiger partial charge in [-0.2, -0.15) is 5.10 Å². The summed E-state index contributed by atoms with van der Waals surface area (Å²) < 4.78 is 0. The first-order valence-electron chi connectivity index (χ1n) is 6.13. The number of nitrogens with one attached hydrogen (secondary N) is 2. The first kappa shape index (κ1) is 14.8. The molecule has 1 aromatic carbocycles. The van der Waals surface area contributed by atoms with Crippen molar-refractivity contribution in [3.63, 3.8) is 0 Å². The van der Waals surface area contributed by atoms with Crippen LogP contribution in [0.5, 0.6) is 0 Å². The number of benzene rings is 1. The third kappa shape index (κ3) is 3.71. The number of hydrogen-bond donors (Lipinski definition) is 2. The predicted molar refractivity (Wildman–Crippen MR) is 77.9 cm³/mol. The van der Waals surface area contributed by atoms with Crippen molar-refractivity contribution < 1.29 is 9.59 Å². The van der Waals surface area contributed by atoms with E-state index in [2.05, 4.69) is 15.8 Å². The van der Waals surface area contributed by atoms with E-state index >= 15 is 0 Å². The second kappa shape index (κ2) is 6.72. The van der Waals surface area contributed by atoms with Crippen molar-refractivity contribution >= 4 is 41.2 Å². The summed E-state index contributed by atoms with van der Waals surface area (Å²) in [5, 5.41) is 7.42. The van der Waals surface area contributed by atoms with Gasteiger partial charge < -0.3 is 5.32 Å². The smallest absolute Gasteiger partial charge is 0.252 e. The monoisotopic (exact) mass is 313 g/mol. The highest BCUT2D eigenvalue weighted by molar-refractivity contribution is 6.36. The SMILES string of the molecule is O=C1NCCC[C@@H]1C(=O)N/N=C\c1ccc(Cl)cc1Cl. The fourth-order valence-corrected chi connectivity index (χ4v) is 2.33. The Hall–Kier alpha value is -1.59. The Morgan fingerprint density at radius 1 is 1.45 bits per heavy atom. The summed E-state index contributed by atoms with van der Waals surface area (Å²) in [6, 6.07) is 4.94. The molecule has 0 radical (unpaired) electrons. The molecule has 2 amide bonds. The summed E-state index contributed by atoms with van der Waals surface area (Å²) in [5.74, 6) is -1.35. The van der Waals surface area contributed by atoms with E-state index in [0.29, 0.717) is 28.6 Å². The molecule has 0 aromatic heterocycles. The van der Waals surface area contributed by atoms with Gasteiger partial charge in [0, 0.05) is 17.1 Å². The predicted octanol–water partition coefficient (Wildman–Crippen LogP) is 1.97. The Morgan fingerprint density at radius 3 is 2.95 bits per heavy atom. The molecule has 0 spiro atoms. The van der Waals surface area contributed by atoms with Gasteiger partial charge in [-0.1, -0.05) is 29.3 Å². The van der Waals surface area contributed by atoms with Gasteiger partial charge in [-0.25, -0.2) is 5.43 Å². The average molecular weight is 314 g/mol. The maximum absolute atomic E-state index is 11.8. The first-order valence-corrected chi connectivity index (χ1v) is 6.89. The summed E-state index contributed by atoms with van der Waals surface area (Å²) in [4.78, 5) is 23.3. The van der Waals surface area contributed by atoms with Gasteiger partial charge in [-0.05, 0) is 25.0 Å². The molecule has 106 valence electrons. The second-order valence-corrected chi connectivity index (χ2v) is 5.23. The third-order valence-corrected chi connectivity index (χ3v) is 3.51. The number of hydrazone groups is 1. The lowest BCUT2D eigenvalue weighted by Crippen LogP contribution is -2.43. The molecule has 5 nitrogen and oxygen atoms in total. The molecule has 20 heavy (non-hydrogen) atoms. The van der Waals surface area contributed by atoms with Crippen LogP contribution in [0.15, 0.2) is 23.3 Å². The summed E-state index contributed by atoms with van der Waals surface area (Å²) >= 11 is 11.7. The minimum Gasteiger partial charge on any atom is -0.355 e. The first-order chi connectivity index (χ1) is 9.58. The highest BCUT2D eigenvalue weighted by Crippen LogP contribution is 2.19. The number of halogens is 2. The van der Waals surface area contributed by atoms with Crippen LogP contribution in [-0.4, -0.2) is 24.6 Å². The zero-order valence-electron chi connectivity index (χ0n) is 10.5. The molecule has 1 heterocycles. The molecule has 1 aliphatic heterocycles. The van der Waals surface area contributed by atoms with Gasteiger partial charge in [0.05, 0.1) is 11.2 Å². The molecule has 0 aliphatic carbocycles. The Labute approximate surface area is 126 Å². The fraction of sp³-hybridized carbons (Fsp3) is 0.308. The van der Waals surface area contributed by atoms with Crippen molar-refractivity contribution in [1.29, 1.82) is 0 Å². The average Bonchev–Trinajstić information content (AvgIpc) is 2.41. The van der Waals surface area contributed by atoms with E-state index < -0.39 is 11.8 Å². The molecule has 1 aliphatic rings. The molecule has 0 bridgehead atoms. The largest absolute Gasteiger partial charge is 0.355 e. The van der Waals surface area contributed by atoms with Crippen molar-refractivity contribution in [3.05, 3.63) is 33.8 Å². The maximum atomic E-state index is 11.8. The van der Waals surface area contributed by atoms with Crippen LogP contribution >= 0.6 is 23.2 Å². The van der Waals surface area contributed by atoms with Crippen molar-refractivity contribution in [3.8, 4) is 0 Å². The minimum absolute atomic E-state index is 0.256. The van der Waals surface area contributed by atoms with Crippen LogP contribution in [0.4, 0.5) is 0 Å². The van der Waals surface area contributed by atoms with Gasteiger partial charge in [0.25, 0.3) is 5.91 Å². The van der Waals surface area contributed by atoms with Gasteiger partial charge in [-0.3, -0.25) is 9.59 Å². The van der Waals surface area contributed by atoms with Gasteiger partial charge in [-0.15, -0.1) is 0 Å². The quantitative estimate of drug-likeness (QED) is 0.509. The van der Waals surface area contributed by atoms with Crippen LogP contribution in [0.25, 0.3) is 0 Å². The molecule has 1 atom stereocenters. The molecule has 2 rings (SSSR count). The van der Waals surface area contributed by atoms with Crippen LogP contribution in [0.1, 0.15) is 18.4 Å². The normalized spacial score (nSPS) is 18.9. The lowest BCUT2D eigenvalue weighted by molar-refractivity contribution is -0.136. The number of rotatable bonds is 3. The lowest BCUT2D eigenvalue weighted by atomic mass is 9.98. The van der Waals surface area contributed by atoms with Gasteiger partial charge >= 0.3 is 0 Å². The van der Waals surface area contributed by atoms with Crippen LogP contribution in [0, 0.1) is 5.92 Å². The van der Waals surface area contributed by atoms with Crippen molar-refractivity contribution in [2.45, 2.75) is 12.8 Å². The van der Waals surface area contributed by atoms with Gasteiger partial charge in [0.2, 0.25) is 5.91 Å². The number of carbonyl (C=O) groups excluding carboxylic acids is 2. The zero-order valence-corrected chi connectivity index (χ0v) is 12.0.